The van der Waals surface area contributed by atoms with Gasteiger partial charge in [0.05, 0.1) is 11.5 Å². The molecular weight excluding hydrogens is 276 g/mol. The molecule has 1 aromatic carbocycles. The molecule has 108 valence electrons. The first-order chi connectivity index (χ1) is 8.71. The highest BCUT2D eigenvalue weighted by Crippen LogP contribution is 2.16. The van der Waals surface area contributed by atoms with Gasteiger partial charge in [-0.25, -0.2) is 0 Å². The summed E-state index contributed by atoms with van der Waals surface area (Å²) in [5.41, 5.74) is 1.04. The average Bonchev–Trinajstić information content (AvgIpc) is 2.27. The number of rotatable bonds is 7. The Hall–Kier alpha value is -0.653. The lowest BCUT2D eigenvalue weighted by Gasteiger charge is -2.14. The molecule has 0 spiro atoms. The van der Waals surface area contributed by atoms with Crippen molar-refractivity contribution < 1.29 is 12.6 Å². The molecule has 0 radical (unpaired) electrons. The minimum absolute atomic E-state index is 0.239. The highest BCUT2D eigenvalue weighted by atomic mass is 32.2. The first kappa shape index (κ1) is 16.4. The lowest BCUT2D eigenvalue weighted by atomic mass is 10.2. The van der Waals surface area contributed by atoms with Gasteiger partial charge in [-0.3, -0.25) is 4.18 Å². The molecule has 0 bridgehead atoms. The van der Waals surface area contributed by atoms with Crippen LogP contribution in [-0.2, 0) is 14.3 Å². The van der Waals surface area contributed by atoms with E-state index in [-0.39, 0.29) is 11.5 Å². The maximum atomic E-state index is 11.9. The monoisotopic (exact) mass is 300 g/mol. The molecule has 3 nitrogen and oxygen atoms in total. The number of benzene rings is 1. The van der Waals surface area contributed by atoms with E-state index in [1.165, 1.54) is 6.04 Å². The summed E-state index contributed by atoms with van der Waals surface area (Å²) in [6.07, 6.45) is 1.84. The van der Waals surface area contributed by atoms with Crippen molar-refractivity contribution in [2.24, 2.45) is 0 Å². The molecule has 0 amide bonds. The molecule has 0 heterocycles. The van der Waals surface area contributed by atoms with Gasteiger partial charge in [-0.1, -0.05) is 49.8 Å². The Balaban J connectivity index is 2.42. The fourth-order valence-corrected chi connectivity index (χ4v) is 3.95. The van der Waals surface area contributed by atoms with Gasteiger partial charge in [-0.2, -0.15) is 8.42 Å². The molecule has 5 heteroatoms. The van der Waals surface area contributed by atoms with E-state index in [1.54, 1.807) is 24.3 Å². The first-order valence-corrected chi connectivity index (χ1v) is 11.8. The highest BCUT2D eigenvalue weighted by molar-refractivity contribution is 7.86. The molecule has 0 N–H and O–H groups in total. The molecule has 1 aromatic rings. The Morgan fingerprint density at radius 2 is 1.63 bits per heavy atom. The lowest BCUT2D eigenvalue weighted by molar-refractivity contribution is 0.310. The zero-order valence-electron chi connectivity index (χ0n) is 12.3. The zero-order valence-corrected chi connectivity index (χ0v) is 14.1. The van der Waals surface area contributed by atoms with Gasteiger partial charge in [-0.05, 0) is 25.5 Å². The summed E-state index contributed by atoms with van der Waals surface area (Å²) in [5.74, 6) is 0. The normalized spacial score (nSPS) is 12.6. The van der Waals surface area contributed by atoms with Gasteiger partial charge < -0.3 is 0 Å². The second-order valence-corrected chi connectivity index (χ2v) is 13.3. The van der Waals surface area contributed by atoms with Crippen LogP contribution in [0.5, 0.6) is 0 Å². The van der Waals surface area contributed by atoms with E-state index >= 15 is 0 Å². The SMILES string of the molecule is Cc1ccc(S(=O)(=O)OCCCC[Si](C)(C)C)cc1. The van der Waals surface area contributed by atoms with Gasteiger partial charge in [0.1, 0.15) is 0 Å². The smallest absolute Gasteiger partial charge is 0.266 e. The molecule has 0 fully saturated rings. The molecule has 0 atom stereocenters. The van der Waals surface area contributed by atoms with Crippen LogP contribution in [0.3, 0.4) is 0 Å². The molecule has 0 unspecified atom stereocenters. The second-order valence-electron chi connectivity index (χ2n) is 6.11. The van der Waals surface area contributed by atoms with Crippen molar-refractivity contribution in [1.82, 2.24) is 0 Å². The summed E-state index contributed by atoms with van der Waals surface area (Å²) in [6, 6.07) is 7.95. The summed E-state index contributed by atoms with van der Waals surface area (Å²) in [5, 5.41) is 0. The van der Waals surface area contributed by atoms with Crippen LogP contribution in [0.1, 0.15) is 18.4 Å². The first-order valence-electron chi connectivity index (χ1n) is 6.67. The van der Waals surface area contributed by atoms with E-state index in [2.05, 4.69) is 19.6 Å². The maximum absolute atomic E-state index is 11.9. The fraction of sp³-hybridized carbons (Fsp3) is 0.571. The minimum atomic E-state index is -3.58. The average molecular weight is 300 g/mol. The van der Waals surface area contributed by atoms with Gasteiger partial charge in [-0.15, -0.1) is 0 Å². The summed E-state index contributed by atoms with van der Waals surface area (Å²) in [4.78, 5) is 0.239. The molecule has 0 saturated heterocycles. The van der Waals surface area contributed by atoms with Crippen LogP contribution in [0.15, 0.2) is 29.2 Å². The molecule has 0 saturated carbocycles. The molecule has 0 aromatic heterocycles. The Labute approximate surface area is 118 Å². The third-order valence-electron chi connectivity index (χ3n) is 2.87. The topological polar surface area (TPSA) is 43.4 Å². The van der Waals surface area contributed by atoms with E-state index in [1.807, 2.05) is 6.92 Å². The highest BCUT2D eigenvalue weighted by Gasteiger charge is 2.15. The van der Waals surface area contributed by atoms with Gasteiger partial charge >= 0.3 is 0 Å². The molecule has 0 aliphatic heterocycles. The van der Waals surface area contributed by atoms with Crippen molar-refractivity contribution in [2.75, 3.05) is 6.61 Å². The number of hydrogen-bond donors (Lipinski definition) is 0. The van der Waals surface area contributed by atoms with Crippen molar-refractivity contribution in [3.8, 4) is 0 Å². The Bertz CT molecular complexity index is 486. The summed E-state index contributed by atoms with van der Waals surface area (Å²) >= 11 is 0. The predicted molar refractivity (Wildman–Crippen MR) is 81.7 cm³/mol. The van der Waals surface area contributed by atoms with Crippen molar-refractivity contribution in [3.63, 3.8) is 0 Å². The summed E-state index contributed by atoms with van der Waals surface area (Å²) < 4.78 is 28.8. The van der Waals surface area contributed by atoms with E-state index in [0.29, 0.717) is 0 Å². The molecule has 19 heavy (non-hydrogen) atoms. The Morgan fingerprint density at radius 3 is 2.16 bits per heavy atom. The lowest BCUT2D eigenvalue weighted by Crippen LogP contribution is -2.19. The van der Waals surface area contributed by atoms with Gasteiger partial charge in [0.15, 0.2) is 0 Å². The van der Waals surface area contributed by atoms with Crippen LogP contribution in [0.2, 0.25) is 25.7 Å². The van der Waals surface area contributed by atoms with Crippen LogP contribution >= 0.6 is 0 Å². The minimum Gasteiger partial charge on any atom is -0.266 e. The van der Waals surface area contributed by atoms with Gasteiger partial charge in [0, 0.05) is 8.07 Å². The number of aryl methyl sites for hydroxylation is 1. The largest absolute Gasteiger partial charge is 0.296 e. The fourth-order valence-electron chi connectivity index (χ4n) is 1.70. The quantitative estimate of drug-likeness (QED) is 0.437. The van der Waals surface area contributed by atoms with Crippen LogP contribution in [-0.4, -0.2) is 23.1 Å². The Morgan fingerprint density at radius 1 is 1.05 bits per heavy atom. The molecular formula is C14H24O3SSi. The number of unbranched alkanes of at least 4 members (excludes halogenated alkanes) is 1. The molecule has 0 aliphatic rings. The molecule has 1 rings (SSSR count). The molecule has 0 aliphatic carbocycles. The predicted octanol–water partition coefficient (Wildman–Crippen LogP) is 3.82. The van der Waals surface area contributed by atoms with E-state index in [0.717, 1.165) is 18.4 Å². The third-order valence-corrected chi connectivity index (χ3v) is 6.05. The maximum Gasteiger partial charge on any atom is 0.296 e. The van der Waals surface area contributed by atoms with Crippen LogP contribution in [0.4, 0.5) is 0 Å². The van der Waals surface area contributed by atoms with E-state index in [9.17, 15) is 8.42 Å². The van der Waals surface area contributed by atoms with Crippen LogP contribution < -0.4 is 0 Å². The second kappa shape index (κ2) is 6.68. The van der Waals surface area contributed by atoms with Gasteiger partial charge in [0.2, 0.25) is 0 Å². The number of hydrogen-bond acceptors (Lipinski definition) is 3. The zero-order chi connectivity index (χ0) is 14.5. The van der Waals surface area contributed by atoms with Crippen LogP contribution in [0.25, 0.3) is 0 Å². The summed E-state index contributed by atoms with van der Waals surface area (Å²) in [6.45, 7) is 9.15. The standard InChI is InChI=1S/C14H24O3SSi/c1-13-7-9-14(10-8-13)18(15,16)17-11-5-6-12-19(2,3)4/h7-10H,5-6,11-12H2,1-4H3. The van der Waals surface area contributed by atoms with Crippen molar-refractivity contribution in [3.05, 3.63) is 29.8 Å². The van der Waals surface area contributed by atoms with E-state index in [4.69, 9.17) is 4.18 Å². The van der Waals surface area contributed by atoms with Crippen molar-refractivity contribution in [1.29, 1.82) is 0 Å². The summed E-state index contributed by atoms with van der Waals surface area (Å²) in [7, 11) is -4.61. The van der Waals surface area contributed by atoms with Crippen molar-refractivity contribution >= 4 is 18.2 Å². The van der Waals surface area contributed by atoms with E-state index < -0.39 is 18.2 Å². The van der Waals surface area contributed by atoms with Crippen LogP contribution in [0, 0.1) is 6.92 Å². The van der Waals surface area contributed by atoms with Gasteiger partial charge in [0.25, 0.3) is 10.1 Å². The third kappa shape index (κ3) is 6.36. The van der Waals surface area contributed by atoms with Crippen molar-refractivity contribution in [2.45, 2.75) is 50.3 Å². The Kier molecular flexibility index (Phi) is 5.76.